The van der Waals surface area contributed by atoms with E-state index in [2.05, 4.69) is 11.8 Å². The molecule has 1 aromatic rings. The molecule has 1 unspecified atom stereocenters. The van der Waals surface area contributed by atoms with Crippen LogP contribution in [0.3, 0.4) is 0 Å². The number of piperazine rings is 1. The maximum absolute atomic E-state index is 12.4. The minimum absolute atomic E-state index is 0.0637. The van der Waals surface area contributed by atoms with Crippen molar-refractivity contribution in [1.29, 1.82) is 0 Å². The average Bonchev–Trinajstić information content (AvgIpc) is 3.34. The van der Waals surface area contributed by atoms with E-state index in [1.54, 1.807) is 13.0 Å². The molecule has 136 valence electrons. The molecule has 2 fully saturated rings. The first kappa shape index (κ1) is 18.1. The third-order valence-corrected chi connectivity index (χ3v) is 5.45. The molecule has 1 aliphatic carbocycles. The third-order valence-electron chi connectivity index (χ3n) is 5.24. The number of hydrogen-bond donors (Lipinski definition) is 0. The maximum Gasteiger partial charge on any atom is 0.274 e. The quantitative estimate of drug-likeness (QED) is 0.592. The number of nitro benzene ring substituents is 1. The number of nitrogens with zero attached hydrogens (tertiary/aromatic N) is 3. The monoisotopic (exact) mass is 365 g/mol. The van der Waals surface area contributed by atoms with Gasteiger partial charge in [-0.1, -0.05) is 11.6 Å². The number of nitro groups is 1. The van der Waals surface area contributed by atoms with Crippen molar-refractivity contribution in [3.8, 4) is 0 Å². The van der Waals surface area contributed by atoms with E-state index in [1.165, 1.54) is 18.9 Å². The van der Waals surface area contributed by atoms with E-state index in [9.17, 15) is 14.9 Å². The molecular formula is C18H24ClN3O3. The van der Waals surface area contributed by atoms with E-state index in [4.69, 9.17) is 11.6 Å². The minimum Gasteiger partial charge on any atom is -0.337 e. The molecule has 1 aromatic carbocycles. The number of rotatable bonds is 5. The van der Waals surface area contributed by atoms with E-state index in [0.717, 1.165) is 18.7 Å². The molecule has 1 saturated carbocycles. The Bertz CT molecular complexity index is 690. The Balaban J connectivity index is 1.65. The first-order valence-electron chi connectivity index (χ1n) is 8.80. The molecule has 7 heteroatoms. The smallest absolute Gasteiger partial charge is 0.274 e. The van der Waals surface area contributed by atoms with Gasteiger partial charge in [0.05, 0.1) is 4.92 Å². The second-order valence-electron chi connectivity index (χ2n) is 7.28. The van der Waals surface area contributed by atoms with Crippen LogP contribution in [0.15, 0.2) is 12.1 Å². The predicted molar refractivity (Wildman–Crippen MR) is 96.6 cm³/mol. The molecule has 25 heavy (non-hydrogen) atoms. The van der Waals surface area contributed by atoms with Gasteiger partial charge in [-0.2, -0.15) is 0 Å². The fraction of sp³-hybridized carbons (Fsp3) is 0.611. The maximum atomic E-state index is 12.4. The number of benzene rings is 1. The van der Waals surface area contributed by atoms with Crippen LogP contribution in [0.2, 0.25) is 5.02 Å². The van der Waals surface area contributed by atoms with Crippen LogP contribution < -0.4 is 0 Å². The number of hydrogen-bond acceptors (Lipinski definition) is 4. The van der Waals surface area contributed by atoms with Crippen LogP contribution in [0.4, 0.5) is 5.69 Å². The van der Waals surface area contributed by atoms with Gasteiger partial charge in [0.2, 0.25) is 5.91 Å². The first-order chi connectivity index (χ1) is 11.8. The van der Waals surface area contributed by atoms with Crippen molar-refractivity contribution in [1.82, 2.24) is 9.80 Å². The van der Waals surface area contributed by atoms with Gasteiger partial charge in [-0.25, -0.2) is 0 Å². The number of carbonyl (C=O) groups is 1. The van der Waals surface area contributed by atoms with E-state index in [1.807, 2.05) is 4.90 Å². The van der Waals surface area contributed by atoms with Gasteiger partial charge in [0.1, 0.15) is 0 Å². The normalized spacial score (nSPS) is 21.4. The lowest BCUT2D eigenvalue weighted by Crippen LogP contribution is -2.53. The Morgan fingerprint density at radius 1 is 1.36 bits per heavy atom. The number of halogens is 1. The molecule has 1 amide bonds. The van der Waals surface area contributed by atoms with Gasteiger partial charge in [0.15, 0.2) is 0 Å². The first-order valence-corrected chi connectivity index (χ1v) is 9.18. The van der Waals surface area contributed by atoms with Gasteiger partial charge in [0.25, 0.3) is 5.69 Å². The van der Waals surface area contributed by atoms with Crippen molar-refractivity contribution in [3.63, 3.8) is 0 Å². The zero-order valence-corrected chi connectivity index (χ0v) is 15.5. The van der Waals surface area contributed by atoms with Crippen LogP contribution in [-0.2, 0) is 11.3 Å². The van der Waals surface area contributed by atoms with Gasteiger partial charge in [-0.15, -0.1) is 0 Å². The average molecular weight is 366 g/mol. The Morgan fingerprint density at radius 3 is 2.68 bits per heavy atom. The topological polar surface area (TPSA) is 66.7 Å². The molecule has 0 spiro atoms. The summed E-state index contributed by atoms with van der Waals surface area (Å²) >= 11 is 6.06. The molecule has 2 aliphatic rings. The van der Waals surface area contributed by atoms with Crippen LogP contribution in [0.1, 0.15) is 37.3 Å². The van der Waals surface area contributed by atoms with Crippen molar-refractivity contribution in [3.05, 3.63) is 38.4 Å². The molecule has 0 bridgehead atoms. The van der Waals surface area contributed by atoms with Crippen molar-refractivity contribution < 1.29 is 9.72 Å². The van der Waals surface area contributed by atoms with Gasteiger partial charge in [-0.3, -0.25) is 19.8 Å². The summed E-state index contributed by atoms with van der Waals surface area (Å²) in [5.74, 6) is 0.872. The Kier molecular flexibility index (Phi) is 5.29. The highest BCUT2D eigenvalue weighted by Gasteiger charge is 2.32. The van der Waals surface area contributed by atoms with Crippen molar-refractivity contribution in [2.75, 3.05) is 19.6 Å². The molecule has 1 saturated heterocycles. The molecule has 0 N–H and O–H groups in total. The van der Waals surface area contributed by atoms with Crippen LogP contribution in [0, 0.1) is 23.0 Å². The predicted octanol–water partition coefficient (Wildman–Crippen LogP) is 3.39. The Morgan fingerprint density at radius 2 is 2.08 bits per heavy atom. The summed E-state index contributed by atoms with van der Waals surface area (Å²) < 4.78 is 0. The zero-order valence-electron chi connectivity index (χ0n) is 14.7. The van der Waals surface area contributed by atoms with Crippen LogP contribution >= 0.6 is 11.6 Å². The second-order valence-corrected chi connectivity index (χ2v) is 7.72. The molecule has 1 aliphatic heterocycles. The SMILES string of the molecule is Cc1c(CN2CCN(C(=O)CC3CC3)C(C)C2)cc(Cl)cc1[N+](=O)[O-]. The summed E-state index contributed by atoms with van der Waals surface area (Å²) in [6.45, 7) is 6.72. The fourth-order valence-corrected chi connectivity index (χ4v) is 3.78. The standard InChI is InChI=1S/C18H24ClN3O3/c1-12-10-20(5-6-21(12)18(23)7-14-3-4-14)11-15-8-16(19)9-17(13(15)2)22(24)25/h8-9,12,14H,3-7,10-11H2,1-2H3. The summed E-state index contributed by atoms with van der Waals surface area (Å²) in [6.07, 6.45) is 3.06. The van der Waals surface area contributed by atoms with Gasteiger partial charge in [0, 0.05) is 55.3 Å². The van der Waals surface area contributed by atoms with Crippen LogP contribution in [0.25, 0.3) is 0 Å². The number of carbonyl (C=O) groups excluding carboxylic acids is 1. The fourth-order valence-electron chi connectivity index (χ4n) is 3.55. The van der Waals surface area contributed by atoms with Gasteiger partial charge < -0.3 is 4.90 Å². The van der Waals surface area contributed by atoms with E-state index in [0.29, 0.717) is 36.0 Å². The van der Waals surface area contributed by atoms with Gasteiger partial charge in [-0.05, 0) is 44.2 Å². The Hall–Kier alpha value is -1.66. The van der Waals surface area contributed by atoms with Crippen LogP contribution in [0.5, 0.6) is 0 Å². The molecular weight excluding hydrogens is 342 g/mol. The molecule has 3 rings (SSSR count). The van der Waals surface area contributed by atoms with Crippen molar-refractivity contribution in [2.24, 2.45) is 5.92 Å². The highest BCUT2D eigenvalue weighted by Crippen LogP contribution is 2.33. The molecule has 0 aromatic heterocycles. The summed E-state index contributed by atoms with van der Waals surface area (Å²) in [6, 6.07) is 3.37. The summed E-state index contributed by atoms with van der Waals surface area (Å²) in [4.78, 5) is 27.4. The highest BCUT2D eigenvalue weighted by atomic mass is 35.5. The summed E-state index contributed by atoms with van der Waals surface area (Å²) in [5.41, 5.74) is 1.60. The molecule has 1 heterocycles. The third kappa shape index (κ3) is 4.30. The van der Waals surface area contributed by atoms with Crippen molar-refractivity contribution in [2.45, 2.75) is 45.7 Å². The minimum atomic E-state index is -0.387. The van der Waals surface area contributed by atoms with Crippen LogP contribution in [-0.4, -0.2) is 46.3 Å². The zero-order chi connectivity index (χ0) is 18.1. The lowest BCUT2D eigenvalue weighted by atomic mass is 10.0. The highest BCUT2D eigenvalue weighted by molar-refractivity contribution is 6.30. The molecule has 1 atom stereocenters. The van der Waals surface area contributed by atoms with E-state index >= 15 is 0 Å². The van der Waals surface area contributed by atoms with E-state index < -0.39 is 0 Å². The summed E-state index contributed by atoms with van der Waals surface area (Å²) in [7, 11) is 0. The van der Waals surface area contributed by atoms with Crippen molar-refractivity contribution >= 4 is 23.2 Å². The Labute approximate surface area is 152 Å². The summed E-state index contributed by atoms with van der Waals surface area (Å²) in [5, 5.41) is 11.6. The van der Waals surface area contributed by atoms with Gasteiger partial charge >= 0.3 is 0 Å². The lowest BCUT2D eigenvalue weighted by molar-refractivity contribution is -0.385. The largest absolute Gasteiger partial charge is 0.337 e. The second kappa shape index (κ2) is 7.30. The molecule has 0 radical (unpaired) electrons. The lowest BCUT2D eigenvalue weighted by Gasteiger charge is -2.40. The van der Waals surface area contributed by atoms with E-state index in [-0.39, 0.29) is 22.6 Å². The number of amides is 1. The molecule has 6 nitrogen and oxygen atoms in total.